The lowest BCUT2D eigenvalue weighted by Gasteiger charge is -2.43. The van der Waals surface area contributed by atoms with Gasteiger partial charge >= 0.3 is 12.3 Å². The number of thioether (sulfide) groups is 1. The van der Waals surface area contributed by atoms with Crippen LogP contribution in [0.5, 0.6) is 0 Å². The van der Waals surface area contributed by atoms with Gasteiger partial charge in [0.2, 0.25) is 0 Å². The van der Waals surface area contributed by atoms with Crippen LogP contribution in [0, 0.1) is 0 Å². The van der Waals surface area contributed by atoms with Crippen molar-refractivity contribution in [3.63, 3.8) is 0 Å². The highest BCUT2D eigenvalue weighted by atomic mass is 32.2. The maximum absolute atomic E-state index is 13.6. The molecule has 1 aliphatic rings. The average molecular weight is 464 g/mol. The van der Waals surface area contributed by atoms with Gasteiger partial charge in [0, 0.05) is 4.90 Å². The molecule has 0 atom stereocenters. The Labute approximate surface area is 186 Å². The Hall–Kier alpha value is -1.45. The number of hydrogen-bond donors (Lipinski definition) is 2. The van der Waals surface area contributed by atoms with Crippen LogP contribution in [-0.2, 0) is 22.1 Å². The van der Waals surface area contributed by atoms with Gasteiger partial charge in [0.1, 0.15) is 0 Å². The minimum atomic E-state index is -4.44. The number of aryl methyl sites for hydroxylation is 1. The Kier molecular flexibility index (Phi) is 9.09. The number of unbranched alkanes of at least 4 members (excludes halogenated alkanes) is 3. The molecule has 1 aliphatic heterocycles. The van der Waals surface area contributed by atoms with Crippen LogP contribution < -0.4 is 5.32 Å². The van der Waals surface area contributed by atoms with E-state index in [1.54, 1.807) is 19.9 Å². The van der Waals surface area contributed by atoms with E-state index in [9.17, 15) is 23.1 Å². The van der Waals surface area contributed by atoms with Crippen LogP contribution in [0.2, 0.25) is 0 Å². The summed E-state index contributed by atoms with van der Waals surface area (Å²) in [6, 6.07) is 4.39. The van der Waals surface area contributed by atoms with Crippen molar-refractivity contribution in [2.45, 2.75) is 81.7 Å². The first kappa shape index (κ1) is 25.8. The molecule has 2 N–H and O–H groups in total. The topological polar surface area (TPSA) is 67.8 Å². The number of rotatable bonds is 10. The summed E-state index contributed by atoms with van der Waals surface area (Å²) in [5, 5.41) is 11.7. The molecular weight excluding hydrogens is 431 g/mol. The van der Waals surface area contributed by atoms with Gasteiger partial charge in [-0.25, -0.2) is 4.79 Å². The highest BCUT2D eigenvalue weighted by molar-refractivity contribution is 7.99. The third kappa shape index (κ3) is 8.20. The molecule has 0 saturated carbocycles. The SMILES string of the molecule is CCCCCCSc1ccc(CCC2(NC(=O)O)COC(C)(C)OC2)cc1C(F)(F)F. The molecular formula is C22H32F3NO4S. The Balaban J connectivity index is 2.10. The van der Waals surface area contributed by atoms with E-state index in [2.05, 4.69) is 12.2 Å². The van der Waals surface area contributed by atoms with Gasteiger partial charge < -0.3 is 19.9 Å². The molecule has 0 unspecified atom stereocenters. The second-order valence-corrected chi connectivity index (χ2v) is 9.56. The van der Waals surface area contributed by atoms with Crippen LogP contribution in [0.4, 0.5) is 18.0 Å². The van der Waals surface area contributed by atoms with E-state index in [-0.39, 0.29) is 31.0 Å². The Morgan fingerprint density at radius 1 is 1.19 bits per heavy atom. The van der Waals surface area contributed by atoms with Crippen molar-refractivity contribution in [3.8, 4) is 0 Å². The van der Waals surface area contributed by atoms with Crippen molar-refractivity contribution in [1.29, 1.82) is 0 Å². The van der Waals surface area contributed by atoms with E-state index in [0.29, 0.717) is 11.3 Å². The fourth-order valence-corrected chi connectivity index (χ4v) is 4.45. The van der Waals surface area contributed by atoms with Crippen LogP contribution in [0.3, 0.4) is 0 Å². The monoisotopic (exact) mass is 463 g/mol. The molecule has 1 fully saturated rings. The van der Waals surface area contributed by atoms with Gasteiger partial charge in [-0.15, -0.1) is 11.8 Å². The van der Waals surface area contributed by atoms with Crippen molar-refractivity contribution in [1.82, 2.24) is 5.32 Å². The molecule has 2 rings (SSSR count). The lowest BCUT2D eigenvalue weighted by Crippen LogP contribution is -2.61. The van der Waals surface area contributed by atoms with Gasteiger partial charge in [-0.05, 0) is 56.6 Å². The van der Waals surface area contributed by atoms with Gasteiger partial charge in [0.05, 0.1) is 24.3 Å². The second kappa shape index (κ2) is 10.9. The molecule has 0 aromatic heterocycles. The number of alkyl halides is 3. The zero-order valence-electron chi connectivity index (χ0n) is 18.3. The maximum Gasteiger partial charge on any atom is 0.417 e. The van der Waals surface area contributed by atoms with Crippen LogP contribution in [0.15, 0.2) is 23.1 Å². The molecule has 1 aromatic carbocycles. The van der Waals surface area contributed by atoms with Crippen LogP contribution in [0.1, 0.15) is 64.0 Å². The first-order chi connectivity index (χ1) is 14.5. The zero-order chi connectivity index (χ0) is 23.1. The summed E-state index contributed by atoms with van der Waals surface area (Å²) < 4.78 is 52.1. The predicted octanol–water partition coefficient (Wildman–Crippen LogP) is 6.10. The molecule has 5 nitrogen and oxygen atoms in total. The smallest absolute Gasteiger partial charge is 0.417 e. The van der Waals surface area contributed by atoms with Crippen LogP contribution in [-0.4, -0.2) is 41.5 Å². The minimum Gasteiger partial charge on any atom is -0.465 e. The second-order valence-electron chi connectivity index (χ2n) is 8.43. The molecule has 1 aromatic rings. The highest BCUT2D eigenvalue weighted by Gasteiger charge is 2.41. The van der Waals surface area contributed by atoms with Gasteiger partial charge in [0.25, 0.3) is 0 Å². The summed E-state index contributed by atoms with van der Waals surface area (Å²) in [5.74, 6) is -0.179. The number of hydrogen-bond acceptors (Lipinski definition) is 4. The molecule has 1 heterocycles. The van der Waals surface area contributed by atoms with Crippen LogP contribution in [0.25, 0.3) is 0 Å². The third-order valence-corrected chi connectivity index (χ3v) is 6.42. The molecule has 9 heteroatoms. The van der Waals surface area contributed by atoms with E-state index < -0.39 is 29.2 Å². The van der Waals surface area contributed by atoms with Gasteiger partial charge in [-0.3, -0.25) is 0 Å². The molecule has 0 radical (unpaired) electrons. The quantitative estimate of drug-likeness (QED) is 0.324. The minimum absolute atomic E-state index is 0.0874. The molecule has 31 heavy (non-hydrogen) atoms. The standard InChI is InChI=1S/C22H32F3NO4S/c1-4-5-6-7-12-31-18-9-8-16(13-17(18)22(23,24)25)10-11-21(26-19(27)28)14-29-20(2,3)30-15-21/h8-9,13,26H,4-7,10-12,14-15H2,1-3H3,(H,27,28). The highest BCUT2D eigenvalue weighted by Crippen LogP contribution is 2.38. The molecule has 1 amide bonds. The molecule has 1 saturated heterocycles. The van der Waals surface area contributed by atoms with Gasteiger partial charge in [-0.2, -0.15) is 13.2 Å². The third-order valence-electron chi connectivity index (χ3n) is 5.26. The fourth-order valence-electron chi connectivity index (χ4n) is 3.39. The lowest BCUT2D eigenvalue weighted by molar-refractivity contribution is -0.271. The number of halogens is 3. The number of benzene rings is 1. The fraction of sp³-hybridized carbons (Fsp3) is 0.682. The van der Waals surface area contributed by atoms with E-state index in [0.717, 1.165) is 25.7 Å². The summed E-state index contributed by atoms with van der Waals surface area (Å²) in [6.45, 7) is 5.72. The number of carbonyl (C=O) groups is 1. The molecule has 0 bridgehead atoms. The van der Waals surface area contributed by atoms with Crippen LogP contribution >= 0.6 is 11.8 Å². The predicted molar refractivity (Wildman–Crippen MR) is 115 cm³/mol. The number of amides is 1. The van der Waals surface area contributed by atoms with E-state index in [1.807, 2.05) is 0 Å². The lowest BCUT2D eigenvalue weighted by atomic mass is 9.91. The maximum atomic E-state index is 13.6. The summed E-state index contributed by atoms with van der Waals surface area (Å²) in [7, 11) is 0. The van der Waals surface area contributed by atoms with Crippen molar-refractivity contribution >= 4 is 17.9 Å². The molecule has 0 spiro atoms. The van der Waals surface area contributed by atoms with E-state index in [4.69, 9.17) is 9.47 Å². The zero-order valence-corrected chi connectivity index (χ0v) is 19.1. The number of ether oxygens (including phenoxy) is 2. The molecule has 176 valence electrons. The van der Waals surface area contributed by atoms with Gasteiger partial charge in [-0.1, -0.05) is 32.3 Å². The van der Waals surface area contributed by atoms with Crippen molar-refractivity contribution < 1.29 is 32.5 Å². The largest absolute Gasteiger partial charge is 0.465 e. The summed E-state index contributed by atoms with van der Waals surface area (Å²) >= 11 is 1.24. The first-order valence-electron chi connectivity index (χ1n) is 10.6. The summed E-state index contributed by atoms with van der Waals surface area (Å²) in [4.78, 5) is 11.5. The average Bonchev–Trinajstić information content (AvgIpc) is 2.68. The van der Waals surface area contributed by atoms with Crippen molar-refractivity contribution in [3.05, 3.63) is 29.3 Å². The Bertz CT molecular complexity index is 730. The summed E-state index contributed by atoms with van der Waals surface area (Å²) in [6.07, 6.45) is -1.08. The Morgan fingerprint density at radius 2 is 1.87 bits per heavy atom. The first-order valence-corrected chi connectivity index (χ1v) is 11.6. The molecule has 0 aliphatic carbocycles. The summed E-state index contributed by atoms with van der Waals surface area (Å²) in [5.41, 5.74) is -1.14. The van der Waals surface area contributed by atoms with E-state index >= 15 is 0 Å². The van der Waals surface area contributed by atoms with Crippen molar-refractivity contribution in [2.24, 2.45) is 0 Å². The Morgan fingerprint density at radius 3 is 2.45 bits per heavy atom. The number of carboxylic acid groups (broad SMARTS) is 1. The van der Waals surface area contributed by atoms with E-state index in [1.165, 1.54) is 23.9 Å². The normalized spacial score (nSPS) is 18.0. The van der Waals surface area contributed by atoms with Gasteiger partial charge in [0.15, 0.2) is 5.79 Å². The number of nitrogens with one attached hydrogen (secondary N) is 1. The van der Waals surface area contributed by atoms with Crippen molar-refractivity contribution in [2.75, 3.05) is 19.0 Å².